The normalized spacial score (nSPS) is 13.0. The lowest BCUT2D eigenvalue weighted by molar-refractivity contribution is 0.896. The van der Waals surface area contributed by atoms with E-state index in [0.717, 1.165) is 0 Å². The second-order valence-electron chi connectivity index (χ2n) is 9.50. The van der Waals surface area contributed by atoms with Crippen LogP contribution in [0.2, 0.25) is 0 Å². The minimum Gasteiger partial charge on any atom is -0.0856 e. The predicted octanol–water partition coefficient (Wildman–Crippen LogP) is 11.2. The number of hydrogen-bond donors (Lipinski definition) is 0. The van der Waals surface area contributed by atoms with Gasteiger partial charge < -0.3 is 0 Å². The summed E-state index contributed by atoms with van der Waals surface area (Å²) in [5.41, 5.74) is 8.97. The van der Waals surface area contributed by atoms with E-state index >= 15 is 0 Å². The van der Waals surface area contributed by atoms with Crippen molar-refractivity contribution in [2.45, 2.75) is 127 Å². The van der Waals surface area contributed by atoms with Gasteiger partial charge in [-0.15, -0.1) is 0 Å². The molecule has 0 aliphatic rings. The lowest BCUT2D eigenvalue weighted by Gasteiger charge is -2.02. The van der Waals surface area contributed by atoms with Gasteiger partial charge in [0.05, 0.1) is 0 Å². The fourth-order valence-corrected chi connectivity index (χ4v) is 3.34. The second-order valence-corrected chi connectivity index (χ2v) is 9.50. The van der Waals surface area contributed by atoms with Crippen molar-refractivity contribution in [3.8, 4) is 0 Å². The predicted molar refractivity (Wildman–Crippen MR) is 147 cm³/mol. The molecule has 0 rings (SSSR count). The Morgan fingerprint density at radius 3 is 0.839 bits per heavy atom. The van der Waals surface area contributed by atoms with Gasteiger partial charge in [-0.1, -0.05) is 77.3 Å². The van der Waals surface area contributed by atoms with Crippen LogP contribution in [-0.4, -0.2) is 0 Å². The van der Waals surface area contributed by atoms with Crippen molar-refractivity contribution in [2.75, 3.05) is 0 Å². The maximum Gasteiger partial charge on any atom is -0.0288 e. The minimum atomic E-state index is 0. The third-order valence-electron chi connectivity index (χ3n) is 5.40. The van der Waals surface area contributed by atoms with E-state index in [1.54, 1.807) is 0 Å². The van der Waals surface area contributed by atoms with Crippen molar-refractivity contribution in [3.63, 3.8) is 0 Å². The van der Waals surface area contributed by atoms with Gasteiger partial charge in [-0.05, 0) is 120 Å². The molecule has 31 heavy (non-hydrogen) atoms. The molecule has 0 amide bonds. The first-order valence-corrected chi connectivity index (χ1v) is 12.1. The highest BCUT2D eigenvalue weighted by atomic mass is 14.0. The number of unbranched alkanes of at least 4 members (excludes halogenated alkanes) is 1. The van der Waals surface area contributed by atoms with E-state index in [1.165, 1.54) is 97.6 Å². The molecule has 0 aromatic rings. The topological polar surface area (TPSA) is 0 Å². The SMILES string of the molecule is C.CC(C)=CCCC(C)=CCCC(C)=CCCC=C(C)CCC=C(C)CCC=C(C)C. The lowest BCUT2D eigenvalue weighted by Crippen LogP contribution is -1.82. The fourth-order valence-electron chi connectivity index (χ4n) is 3.34. The van der Waals surface area contributed by atoms with E-state index in [1.807, 2.05) is 0 Å². The van der Waals surface area contributed by atoms with Crippen molar-refractivity contribution in [3.05, 3.63) is 69.9 Å². The highest BCUT2D eigenvalue weighted by Crippen LogP contribution is 2.14. The van der Waals surface area contributed by atoms with Crippen LogP contribution in [-0.2, 0) is 0 Å². The molecular formula is C31H54. The van der Waals surface area contributed by atoms with Crippen LogP contribution < -0.4 is 0 Å². The molecule has 0 nitrogen and oxygen atoms in total. The number of allylic oxidation sites excluding steroid dienone is 12. The molecule has 0 heterocycles. The first-order chi connectivity index (χ1) is 14.2. The molecule has 0 saturated carbocycles. The van der Waals surface area contributed by atoms with E-state index in [9.17, 15) is 0 Å². The molecule has 0 aromatic carbocycles. The lowest BCUT2D eigenvalue weighted by atomic mass is 10.0. The molecule has 0 saturated heterocycles. The molecule has 0 bridgehead atoms. The van der Waals surface area contributed by atoms with Gasteiger partial charge >= 0.3 is 0 Å². The Balaban J connectivity index is 0. The molecule has 0 aliphatic heterocycles. The van der Waals surface area contributed by atoms with E-state index in [2.05, 4.69) is 91.8 Å². The van der Waals surface area contributed by atoms with Crippen LogP contribution in [0.5, 0.6) is 0 Å². The zero-order valence-electron chi connectivity index (χ0n) is 21.5. The van der Waals surface area contributed by atoms with E-state index in [0.29, 0.717) is 0 Å². The second kappa shape index (κ2) is 20.3. The summed E-state index contributed by atoms with van der Waals surface area (Å²) in [6.45, 7) is 17.8. The van der Waals surface area contributed by atoms with E-state index < -0.39 is 0 Å². The molecule has 0 heteroatoms. The van der Waals surface area contributed by atoms with Crippen molar-refractivity contribution in [2.24, 2.45) is 0 Å². The van der Waals surface area contributed by atoms with Crippen molar-refractivity contribution in [1.82, 2.24) is 0 Å². The molecule has 0 atom stereocenters. The molecule has 0 aromatic heterocycles. The van der Waals surface area contributed by atoms with Crippen LogP contribution in [0.25, 0.3) is 0 Å². The fraction of sp³-hybridized carbons (Fsp3) is 0.613. The molecule has 0 aliphatic carbocycles. The van der Waals surface area contributed by atoms with Crippen molar-refractivity contribution in [1.29, 1.82) is 0 Å². The van der Waals surface area contributed by atoms with Gasteiger partial charge in [0.2, 0.25) is 0 Å². The smallest absolute Gasteiger partial charge is 0.0288 e. The standard InChI is InChI=1S/C30H50.CH4/c1-25(2)15-11-19-29(7)23-13-21-27(5)17-9-10-18-28(6)22-14-24-30(8)20-12-16-26(3)4;/h15-18,23-24H,9-14,19-22H2,1-8H3;1H4. The van der Waals surface area contributed by atoms with Gasteiger partial charge in [0.1, 0.15) is 0 Å². The van der Waals surface area contributed by atoms with Crippen LogP contribution in [0.1, 0.15) is 127 Å². The van der Waals surface area contributed by atoms with Gasteiger partial charge in [0.25, 0.3) is 0 Å². The summed E-state index contributed by atoms with van der Waals surface area (Å²) in [5.74, 6) is 0. The van der Waals surface area contributed by atoms with Crippen LogP contribution >= 0.6 is 0 Å². The Hall–Kier alpha value is -1.56. The maximum atomic E-state index is 2.43. The molecular weight excluding hydrogens is 372 g/mol. The van der Waals surface area contributed by atoms with E-state index in [-0.39, 0.29) is 7.43 Å². The van der Waals surface area contributed by atoms with Crippen molar-refractivity contribution < 1.29 is 0 Å². The maximum absolute atomic E-state index is 2.43. The highest BCUT2D eigenvalue weighted by molar-refractivity contribution is 5.08. The molecule has 0 spiro atoms. The summed E-state index contributed by atoms with van der Waals surface area (Å²) in [7, 11) is 0. The zero-order chi connectivity index (χ0) is 22.8. The van der Waals surface area contributed by atoms with Crippen molar-refractivity contribution >= 4 is 0 Å². The number of hydrogen-bond acceptors (Lipinski definition) is 0. The van der Waals surface area contributed by atoms with Gasteiger partial charge in [0, 0.05) is 0 Å². The van der Waals surface area contributed by atoms with Crippen LogP contribution in [0.15, 0.2) is 69.9 Å². The molecule has 0 unspecified atom stereocenters. The quantitative estimate of drug-likeness (QED) is 0.180. The van der Waals surface area contributed by atoms with Gasteiger partial charge in [0.15, 0.2) is 0 Å². The summed E-state index contributed by atoms with van der Waals surface area (Å²) in [6, 6.07) is 0. The zero-order valence-corrected chi connectivity index (χ0v) is 21.5. The third kappa shape index (κ3) is 22.9. The highest BCUT2D eigenvalue weighted by Gasteiger charge is 1.94. The Morgan fingerprint density at radius 1 is 0.355 bits per heavy atom. The average Bonchev–Trinajstić information content (AvgIpc) is 2.64. The summed E-state index contributed by atoms with van der Waals surface area (Å²) in [5, 5.41) is 0. The monoisotopic (exact) mass is 426 g/mol. The van der Waals surface area contributed by atoms with Crippen LogP contribution in [0.4, 0.5) is 0 Å². The number of rotatable bonds is 15. The van der Waals surface area contributed by atoms with Gasteiger partial charge in [-0.2, -0.15) is 0 Å². The molecule has 178 valence electrons. The Morgan fingerprint density at radius 2 is 0.581 bits per heavy atom. The van der Waals surface area contributed by atoms with Crippen LogP contribution in [0, 0.1) is 0 Å². The average molecular weight is 427 g/mol. The molecule has 0 radical (unpaired) electrons. The Labute approximate surface area is 197 Å². The van der Waals surface area contributed by atoms with E-state index in [4.69, 9.17) is 0 Å². The summed E-state index contributed by atoms with van der Waals surface area (Å²) in [6.07, 6.45) is 26.2. The van der Waals surface area contributed by atoms with Crippen LogP contribution in [0.3, 0.4) is 0 Å². The van der Waals surface area contributed by atoms with Gasteiger partial charge in [-0.25, -0.2) is 0 Å². The minimum absolute atomic E-state index is 0. The largest absolute Gasteiger partial charge is 0.0856 e. The first kappa shape index (κ1) is 31.6. The summed E-state index contributed by atoms with van der Waals surface area (Å²) < 4.78 is 0. The Bertz CT molecular complexity index is 578. The molecule has 0 N–H and O–H groups in total. The molecule has 0 fully saturated rings. The first-order valence-electron chi connectivity index (χ1n) is 12.1. The Kier molecular flexibility index (Phi) is 20.8. The summed E-state index contributed by atoms with van der Waals surface area (Å²) in [4.78, 5) is 0. The van der Waals surface area contributed by atoms with Gasteiger partial charge in [-0.3, -0.25) is 0 Å². The third-order valence-corrected chi connectivity index (χ3v) is 5.40. The summed E-state index contributed by atoms with van der Waals surface area (Å²) >= 11 is 0.